The van der Waals surface area contributed by atoms with Gasteiger partial charge < -0.3 is 9.72 Å². The van der Waals surface area contributed by atoms with Crippen LogP contribution in [0.2, 0.25) is 0 Å². The summed E-state index contributed by atoms with van der Waals surface area (Å²) in [7, 11) is 2.21. The molecule has 0 aliphatic carbocycles. The summed E-state index contributed by atoms with van der Waals surface area (Å²) in [5.74, 6) is 0.933. The number of ether oxygens (including phenoxy) is 1. The Morgan fingerprint density at radius 1 is 1.17 bits per heavy atom. The van der Waals surface area contributed by atoms with Crippen molar-refractivity contribution in [3.63, 3.8) is 0 Å². The number of H-pyrrole nitrogens is 1. The van der Waals surface area contributed by atoms with Crippen molar-refractivity contribution in [3.05, 3.63) is 65.9 Å². The highest BCUT2D eigenvalue weighted by molar-refractivity contribution is 5.85. The summed E-state index contributed by atoms with van der Waals surface area (Å²) in [5.41, 5.74) is 3.77. The Labute approximate surface area is 136 Å². The quantitative estimate of drug-likeness (QED) is 0.768. The highest BCUT2D eigenvalue weighted by atomic mass is 16.5. The third-order valence-electron chi connectivity index (χ3n) is 4.81. The van der Waals surface area contributed by atoms with Crippen molar-refractivity contribution < 1.29 is 4.74 Å². The van der Waals surface area contributed by atoms with Crippen LogP contribution in [-0.2, 0) is 6.61 Å². The minimum atomic E-state index is 0.521. The molecule has 1 N–H and O–H groups in total. The Balaban J connectivity index is 1.59. The van der Waals surface area contributed by atoms with Crippen molar-refractivity contribution in [1.29, 1.82) is 0 Å². The standard InChI is InChI=1S/C20H22N2O/c1-22-11-5-8-20(22)18-13-21-19-10-9-16(12-17(18)19)23-14-15-6-3-2-4-7-15/h2-4,6-7,9-10,12-13,20-21H,5,8,11,14H2,1H3/t20-/m1/s1. The van der Waals surface area contributed by atoms with Crippen molar-refractivity contribution in [3.8, 4) is 5.75 Å². The first-order chi connectivity index (χ1) is 11.3. The van der Waals surface area contributed by atoms with Crippen LogP contribution in [0.25, 0.3) is 10.9 Å². The van der Waals surface area contributed by atoms with Crippen molar-refractivity contribution in [2.24, 2.45) is 0 Å². The van der Waals surface area contributed by atoms with Crippen LogP contribution >= 0.6 is 0 Å². The molecule has 1 fully saturated rings. The fourth-order valence-electron chi connectivity index (χ4n) is 3.53. The number of nitrogens with zero attached hydrogens (tertiary/aromatic N) is 1. The first-order valence-electron chi connectivity index (χ1n) is 8.29. The lowest BCUT2D eigenvalue weighted by molar-refractivity contribution is 0.306. The van der Waals surface area contributed by atoms with Crippen LogP contribution in [0.3, 0.4) is 0 Å². The maximum atomic E-state index is 5.99. The van der Waals surface area contributed by atoms with Gasteiger partial charge in [-0.05, 0) is 55.8 Å². The molecule has 1 aliphatic rings. The van der Waals surface area contributed by atoms with Crippen molar-refractivity contribution in [1.82, 2.24) is 9.88 Å². The minimum absolute atomic E-state index is 0.521. The molecule has 3 heteroatoms. The van der Waals surface area contributed by atoms with Crippen LogP contribution in [0.4, 0.5) is 0 Å². The molecule has 118 valence electrons. The topological polar surface area (TPSA) is 28.3 Å². The Morgan fingerprint density at radius 3 is 2.83 bits per heavy atom. The maximum Gasteiger partial charge on any atom is 0.120 e. The molecule has 1 saturated heterocycles. The number of rotatable bonds is 4. The first kappa shape index (κ1) is 14.3. The van der Waals surface area contributed by atoms with Crippen LogP contribution in [0.5, 0.6) is 5.75 Å². The number of hydrogen-bond donors (Lipinski definition) is 1. The lowest BCUT2D eigenvalue weighted by Gasteiger charge is -2.19. The Morgan fingerprint density at radius 2 is 2.04 bits per heavy atom. The van der Waals surface area contributed by atoms with E-state index in [1.807, 2.05) is 24.3 Å². The molecule has 23 heavy (non-hydrogen) atoms. The fraction of sp³-hybridized carbons (Fsp3) is 0.300. The first-order valence-corrected chi connectivity index (χ1v) is 8.29. The van der Waals surface area contributed by atoms with Crippen LogP contribution < -0.4 is 4.74 Å². The number of fused-ring (bicyclic) bond motifs is 1. The van der Waals surface area contributed by atoms with Gasteiger partial charge in [0.2, 0.25) is 0 Å². The molecule has 0 radical (unpaired) electrons. The number of aromatic nitrogens is 1. The van der Waals surface area contributed by atoms with Gasteiger partial charge in [0.15, 0.2) is 0 Å². The molecule has 0 saturated carbocycles. The van der Waals surface area contributed by atoms with Crippen molar-refractivity contribution >= 4 is 10.9 Å². The second-order valence-electron chi connectivity index (χ2n) is 6.36. The predicted octanol–water partition coefficient (Wildman–Crippen LogP) is 4.51. The Kier molecular flexibility index (Phi) is 3.80. The normalized spacial score (nSPS) is 18.6. The molecule has 0 amide bonds. The largest absolute Gasteiger partial charge is 0.489 e. The number of benzene rings is 2. The van der Waals surface area contributed by atoms with Gasteiger partial charge in [-0.15, -0.1) is 0 Å². The zero-order chi connectivity index (χ0) is 15.6. The van der Waals surface area contributed by atoms with E-state index in [4.69, 9.17) is 4.74 Å². The van der Waals surface area contributed by atoms with Gasteiger partial charge in [0.1, 0.15) is 12.4 Å². The van der Waals surface area contributed by atoms with Crippen LogP contribution in [0.15, 0.2) is 54.7 Å². The molecule has 0 unspecified atom stereocenters. The van der Waals surface area contributed by atoms with Gasteiger partial charge in [-0.2, -0.15) is 0 Å². The third-order valence-corrected chi connectivity index (χ3v) is 4.81. The molecule has 1 aliphatic heterocycles. The molecular formula is C20H22N2O. The summed E-state index contributed by atoms with van der Waals surface area (Å²) in [6.45, 7) is 1.79. The average molecular weight is 306 g/mol. The van der Waals surface area contributed by atoms with Crippen LogP contribution in [-0.4, -0.2) is 23.5 Å². The van der Waals surface area contributed by atoms with E-state index in [9.17, 15) is 0 Å². The molecule has 0 bridgehead atoms. The van der Waals surface area contributed by atoms with E-state index in [0.29, 0.717) is 12.6 Å². The second-order valence-corrected chi connectivity index (χ2v) is 6.36. The lowest BCUT2D eigenvalue weighted by atomic mass is 10.0. The van der Waals surface area contributed by atoms with E-state index in [1.54, 1.807) is 0 Å². The SMILES string of the molecule is CN1CCC[C@@H]1c1c[nH]c2ccc(OCc3ccccc3)cc12. The average Bonchev–Trinajstić information content (AvgIpc) is 3.19. The minimum Gasteiger partial charge on any atom is -0.489 e. The third kappa shape index (κ3) is 2.84. The summed E-state index contributed by atoms with van der Waals surface area (Å²) in [6, 6.07) is 17.2. The number of aromatic amines is 1. The summed E-state index contributed by atoms with van der Waals surface area (Å²) in [4.78, 5) is 5.85. The summed E-state index contributed by atoms with van der Waals surface area (Å²) in [6.07, 6.45) is 4.68. The highest BCUT2D eigenvalue weighted by Gasteiger charge is 2.24. The van der Waals surface area contributed by atoms with E-state index in [-0.39, 0.29) is 0 Å². The Hall–Kier alpha value is -2.26. The number of hydrogen-bond acceptors (Lipinski definition) is 2. The molecule has 2 aromatic carbocycles. The van der Waals surface area contributed by atoms with Crippen molar-refractivity contribution in [2.75, 3.05) is 13.6 Å². The van der Waals surface area contributed by atoms with E-state index in [0.717, 1.165) is 5.75 Å². The zero-order valence-electron chi connectivity index (χ0n) is 13.5. The fourth-order valence-corrected chi connectivity index (χ4v) is 3.53. The highest BCUT2D eigenvalue weighted by Crippen LogP contribution is 2.36. The number of nitrogens with one attached hydrogen (secondary N) is 1. The van der Waals surface area contributed by atoms with Gasteiger partial charge in [0.25, 0.3) is 0 Å². The van der Waals surface area contributed by atoms with Crippen LogP contribution in [0, 0.1) is 0 Å². The van der Waals surface area contributed by atoms with E-state index < -0.39 is 0 Å². The smallest absolute Gasteiger partial charge is 0.120 e. The molecule has 1 atom stereocenters. The Bertz CT molecular complexity index is 794. The molecule has 0 spiro atoms. The molecule has 1 aromatic heterocycles. The molecule has 4 rings (SSSR count). The van der Waals surface area contributed by atoms with Crippen LogP contribution in [0.1, 0.15) is 30.0 Å². The van der Waals surface area contributed by atoms with E-state index in [1.165, 1.54) is 41.4 Å². The van der Waals surface area contributed by atoms with Gasteiger partial charge >= 0.3 is 0 Å². The van der Waals surface area contributed by atoms with Gasteiger partial charge in [-0.1, -0.05) is 30.3 Å². The van der Waals surface area contributed by atoms with E-state index in [2.05, 4.69) is 47.4 Å². The van der Waals surface area contributed by atoms with Gasteiger partial charge in [0.05, 0.1) is 0 Å². The molecule has 3 aromatic rings. The predicted molar refractivity (Wildman–Crippen MR) is 93.7 cm³/mol. The van der Waals surface area contributed by atoms with Gasteiger partial charge in [-0.3, -0.25) is 4.90 Å². The van der Waals surface area contributed by atoms with Crippen molar-refractivity contribution in [2.45, 2.75) is 25.5 Å². The summed E-state index contributed by atoms with van der Waals surface area (Å²) < 4.78 is 5.99. The maximum absolute atomic E-state index is 5.99. The van der Waals surface area contributed by atoms with E-state index >= 15 is 0 Å². The molecular weight excluding hydrogens is 284 g/mol. The van der Waals surface area contributed by atoms with Gasteiger partial charge in [-0.25, -0.2) is 0 Å². The summed E-state index contributed by atoms with van der Waals surface area (Å²) >= 11 is 0. The van der Waals surface area contributed by atoms with Gasteiger partial charge in [0, 0.05) is 23.1 Å². The lowest BCUT2D eigenvalue weighted by Crippen LogP contribution is -2.17. The molecule has 3 nitrogen and oxygen atoms in total. The number of likely N-dealkylation sites (tertiary alicyclic amines) is 1. The zero-order valence-corrected chi connectivity index (χ0v) is 13.5. The monoisotopic (exact) mass is 306 g/mol. The molecule has 2 heterocycles. The second kappa shape index (κ2) is 6.09. The summed E-state index contributed by atoms with van der Waals surface area (Å²) in [5, 5.41) is 1.29.